The smallest absolute Gasteiger partial charge is 0.145 e. The maximum Gasteiger partial charge on any atom is 0.145 e. The number of hydrogen-bond donors (Lipinski definition) is 0. The molecule has 22 heavy (non-hydrogen) atoms. The Kier molecular flexibility index (Phi) is 3.66. The van der Waals surface area contributed by atoms with Crippen molar-refractivity contribution in [2.45, 2.75) is 16.9 Å². The first kappa shape index (κ1) is 14.5. The lowest BCUT2D eigenvalue weighted by molar-refractivity contribution is 0.928. The molecule has 1 aliphatic heterocycles. The zero-order chi connectivity index (χ0) is 15.3. The van der Waals surface area contributed by atoms with E-state index in [9.17, 15) is 5.26 Å². The zero-order valence-corrected chi connectivity index (χ0v) is 14.3. The summed E-state index contributed by atoms with van der Waals surface area (Å²) in [7, 11) is 0. The summed E-state index contributed by atoms with van der Waals surface area (Å²) in [5, 5.41) is 11.6. The molecule has 7 heteroatoms. The van der Waals surface area contributed by atoms with Crippen LogP contribution in [0.3, 0.4) is 0 Å². The van der Waals surface area contributed by atoms with Crippen molar-refractivity contribution in [1.29, 1.82) is 5.26 Å². The summed E-state index contributed by atoms with van der Waals surface area (Å²) in [6.07, 6.45) is 6.04. The molecule has 0 amide bonds. The van der Waals surface area contributed by atoms with Gasteiger partial charge in [0.1, 0.15) is 11.8 Å². The van der Waals surface area contributed by atoms with Gasteiger partial charge < -0.3 is 0 Å². The van der Waals surface area contributed by atoms with Crippen LogP contribution in [0.5, 0.6) is 0 Å². The molecule has 110 valence electrons. The van der Waals surface area contributed by atoms with Crippen molar-refractivity contribution in [3.63, 3.8) is 0 Å². The van der Waals surface area contributed by atoms with E-state index >= 15 is 0 Å². The lowest BCUT2D eigenvalue weighted by Gasteiger charge is -2.09. The molecule has 1 aromatic carbocycles. The lowest BCUT2D eigenvalue weighted by atomic mass is 10.1. The minimum atomic E-state index is 0.304. The molecule has 0 bridgehead atoms. The van der Waals surface area contributed by atoms with E-state index in [2.05, 4.69) is 11.1 Å². The van der Waals surface area contributed by atoms with Crippen LogP contribution in [0.2, 0.25) is 10.0 Å². The Balaban J connectivity index is 1.74. The molecule has 1 saturated heterocycles. The molecule has 2 aliphatic rings. The van der Waals surface area contributed by atoms with Crippen LogP contribution in [0.1, 0.15) is 16.4 Å². The minimum Gasteiger partial charge on any atom is -0.296 e. The molecule has 1 aliphatic carbocycles. The summed E-state index contributed by atoms with van der Waals surface area (Å²) in [5.74, 6) is 0. The van der Waals surface area contributed by atoms with Gasteiger partial charge in [-0.15, -0.1) is 23.5 Å². The molecule has 0 radical (unpaired) electrons. The largest absolute Gasteiger partial charge is 0.296 e. The highest BCUT2D eigenvalue weighted by Crippen LogP contribution is 2.62. The molecule has 1 aromatic heterocycles. The molecule has 1 fully saturated rings. The van der Waals surface area contributed by atoms with E-state index in [-0.39, 0.29) is 0 Å². The number of benzene rings is 1. The highest BCUT2D eigenvalue weighted by atomic mass is 35.5. The number of aromatic nitrogens is 2. The van der Waals surface area contributed by atoms with E-state index in [1.807, 2.05) is 6.07 Å². The fraction of sp³-hybridized carbons (Fsp3) is 0.200. The third kappa shape index (κ3) is 2.26. The van der Waals surface area contributed by atoms with Gasteiger partial charge in [0.25, 0.3) is 0 Å². The van der Waals surface area contributed by atoms with E-state index in [4.69, 9.17) is 23.2 Å². The Bertz CT molecular complexity index is 824. The Morgan fingerprint density at radius 3 is 2.95 bits per heavy atom. The normalized spacial score (nSPS) is 24.8. The van der Waals surface area contributed by atoms with Crippen LogP contribution < -0.4 is 0 Å². The maximum atomic E-state index is 9.48. The number of thioether (sulfide) groups is 2. The number of allylic oxidation sites excluding steroid dienone is 1. The molecule has 2 heterocycles. The van der Waals surface area contributed by atoms with E-state index in [0.29, 0.717) is 21.2 Å². The Morgan fingerprint density at radius 2 is 2.23 bits per heavy atom. The Hall–Kier alpha value is -1.06. The second-order valence-electron chi connectivity index (χ2n) is 5.07. The van der Waals surface area contributed by atoms with Crippen molar-refractivity contribution in [2.75, 3.05) is 0 Å². The number of nitrogens with zero attached hydrogens (tertiary/aromatic N) is 3. The minimum absolute atomic E-state index is 0.304. The van der Waals surface area contributed by atoms with Crippen LogP contribution in [-0.4, -0.2) is 14.8 Å². The number of hydrogen-bond acceptors (Lipinski definition) is 4. The lowest BCUT2D eigenvalue weighted by Crippen LogP contribution is -1.99. The fourth-order valence-corrected chi connectivity index (χ4v) is 6.80. The molecule has 2 aromatic rings. The van der Waals surface area contributed by atoms with Crippen LogP contribution in [-0.2, 0) is 6.42 Å². The van der Waals surface area contributed by atoms with Gasteiger partial charge in [0, 0.05) is 32.9 Å². The molecule has 3 nitrogen and oxygen atoms in total. The van der Waals surface area contributed by atoms with Gasteiger partial charge in [0.2, 0.25) is 0 Å². The fourth-order valence-electron chi connectivity index (χ4n) is 2.84. The van der Waals surface area contributed by atoms with Crippen LogP contribution in [0.15, 0.2) is 35.1 Å². The van der Waals surface area contributed by atoms with Gasteiger partial charge >= 0.3 is 0 Å². The second-order valence-corrected chi connectivity index (χ2v) is 8.58. The molecular formula is C15H9Cl2N3S2. The first-order valence-corrected chi connectivity index (χ1v) is 9.12. The monoisotopic (exact) mass is 365 g/mol. The van der Waals surface area contributed by atoms with Gasteiger partial charge in [-0.25, -0.2) is 4.98 Å². The van der Waals surface area contributed by atoms with E-state index < -0.39 is 0 Å². The quantitative estimate of drug-likeness (QED) is 0.667. The highest BCUT2D eigenvalue weighted by molar-refractivity contribution is 8.26. The first-order chi connectivity index (χ1) is 10.7. The van der Waals surface area contributed by atoms with Gasteiger partial charge in [-0.3, -0.25) is 4.57 Å². The maximum absolute atomic E-state index is 9.48. The average Bonchev–Trinajstić information content (AvgIpc) is 3.17. The molecule has 4 rings (SSSR count). The van der Waals surface area contributed by atoms with Crippen molar-refractivity contribution in [3.05, 3.63) is 56.3 Å². The van der Waals surface area contributed by atoms with Gasteiger partial charge in [-0.2, -0.15) is 5.26 Å². The summed E-state index contributed by atoms with van der Waals surface area (Å²) in [4.78, 5) is 4.02. The summed E-state index contributed by atoms with van der Waals surface area (Å²) < 4.78 is 2.81. The number of imidazole rings is 1. The van der Waals surface area contributed by atoms with Crippen molar-refractivity contribution in [3.8, 4) is 6.07 Å². The number of halogens is 2. The van der Waals surface area contributed by atoms with Crippen molar-refractivity contribution >= 4 is 52.4 Å². The first-order valence-electron chi connectivity index (χ1n) is 6.61. The van der Waals surface area contributed by atoms with Crippen LogP contribution in [0.4, 0.5) is 0 Å². The van der Waals surface area contributed by atoms with Crippen LogP contribution >= 0.6 is 46.7 Å². The van der Waals surface area contributed by atoms with Crippen molar-refractivity contribution in [2.24, 2.45) is 0 Å². The third-order valence-electron chi connectivity index (χ3n) is 3.80. The van der Waals surface area contributed by atoms with E-state index in [1.54, 1.807) is 52.9 Å². The summed E-state index contributed by atoms with van der Waals surface area (Å²) in [5.41, 5.74) is 3.04. The highest BCUT2D eigenvalue weighted by Gasteiger charge is 2.42. The SMILES string of the molecule is N#C/C(=C1/SC2Cc3c(Cl)cc(Cl)cc3C2S1)n1ccnc1. The molecule has 0 spiro atoms. The Morgan fingerprint density at radius 1 is 1.36 bits per heavy atom. The summed E-state index contributed by atoms with van der Waals surface area (Å²) in [6.45, 7) is 0. The summed E-state index contributed by atoms with van der Waals surface area (Å²) in [6, 6.07) is 6.11. The van der Waals surface area contributed by atoms with Crippen LogP contribution in [0, 0.1) is 11.3 Å². The zero-order valence-electron chi connectivity index (χ0n) is 11.2. The van der Waals surface area contributed by atoms with Gasteiger partial charge in [-0.05, 0) is 29.7 Å². The van der Waals surface area contributed by atoms with Gasteiger partial charge in [-0.1, -0.05) is 23.2 Å². The third-order valence-corrected chi connectivity index (χ3v) is 7.50. The molecular weight excluding hydrogens is 357 g/mol. The number of fused-ring (bicyclic) bond motifs is 3. The standard InChI is InChI=1S/C15H9Cl2N3S2/c16-8-3-10-9(11(17)4-8)5-13-14(10)22-15(21-13)12(6-18)20-2-1-19-7-20/h1-4,7,13-14H,5H2/b15-12+. The molecule has 2 atom stereocenters. The second kappa shape index (κ2) is 5.54. The Labute approximate surface area is 146 Å². The predicted octanol–water partition coefficient (Wildman–Crippen LogP) is 4.99. The van der Waals surface area contributed by atoms with Crippen molar-refractivity contribution < 1.29 is 0 Å². The van der Waals surface area contributed by atoms with Crippen LogP contribution in [0.25, 0.3) is 5.70 Å². The topological polar surface area (TPSA) is 41.6 Å². The summed E-state index contributed by atoms with van der Waals surface area (Å²) >= 11 is 15.9. The molecule has 2 unspecified atom stereocenters. The van der Waals surface area contributed by atoms with E-state index in [1.165, 1.54) is 11.1 Å². The van der Waals surface area contributed by atoms with E-state index in [0.717, 1.165) is 15.7 Å². The molecule has 0 N–H and O–H groups in total. The average molecular weight is 366 g/mol. The van der Waals surface area contributed by atoms with Gasteiger partial charge in [0.15, 0.2) is 0 Å². The van der Waals surface area contributed by atoms with Gasteiger partial charge in [0.05, 0.1) is 10.6 Å². The number of nitriles is 1. The predicted molar refractivity (Wildman–Crippen MR) is 92.9 cm³/mol. The van der Waals surface area contributed by atoms with Crippen molar-refractivity contribution in [1.82, 2.24) is 9.55 Å². The molecule has 0 saturated carbocycles. The number of rotatable bonds is 1.